The first kappa shape index (κ1) is 30.5. The molecule has 6 nitrogen and oxygen atoms in total. The van der Waals surface area contributed by atoms with Crippen molar-refractivity contribution in [3.05, 3.63) is 0 Å². The molecule has 4 amide bonds. The van der Waals surface area contributed by atoms with Crippen molar-refractivity contribution in [1.29, 1.82) is 0 Å². The van der Waals surface area contributed by atoms with Gasteiger partial charge in [0.1, 0.15) is 0 Å². The molecule has 0 aromatic heterocycles. The van der Waals surface area contributed by atoms with Crippen LogP contribution in [0.25, 0.3) is 0 Å². The number of rotatable bonds is 16. The number of unbranched alkanes of at least 4 members (excludes halogenated alkanes) is 8. The molecule has 0 aliphatic carbocycles. The van der Waals surface area contributed by atoms with Crippen LogP contribution in [-0.4, -0.2) is 79.7 Å². The van der Waals surface area contributed by atoms with E-state index in [2.05, 4.69) is 53.0 Å². The van der Waals surface area contributed by atoms with Crippen LogP contribution >= 0.6 is 25.3 Å². The van der Waals surface area contributed by atoms with E-state index in [-0.39, 0.29) is 33.9 Å². The molecule has 2 rings (SSSR count). The summed E-state index contributed by atoms with van der Waals surface area (Å²) < 4.78 is 0. The molecule has 0 aromatic carbocycles. The zero-order valence-electron chi connectivity index (χ0n) is 23.3. The van der Waals surface area contributed by atoms with E-state index < -0.39 is 0 Å². The summed E-state index contributed by atoms with van der Waals surface area (Å²) in [5.41, 5.74) is -0.272. The molecule has 2 unspecified atom stereocenters. The zero-order chi connectivity index (χ0) is 26.2. The van der Waals surface area contributed by atoms with Crippen molar-refractivity contribution in [1.82, 2.24) is 19.6 Å². The van der Waals surface area contributed by atoms with Crippen LogP contribution in [0.2, 0.25) is 0 Å². The van der Waals surface area contributed by atoms with E-state index in [4.69, 9.17) is 0 Å². The quantitative estimate of drug-likeness (QED) is 0.170. The van der Waals surface area contributed by atoms with Gasteiger partial charge in [-0.15, -0.1) is 0 Å². The first-order valence-electron chi connectivity index (χ1n) is 14.0. The second-order valence-corrected chi connectivity index (χ2v) is 12.8. The minimum Gasteiger partial charge on any atom is -0.322 e. The summed E-state index contributed by atoms with van der Waals surface area (Å²) in [7, 11) is 0. The van der Waals surface area contributed by atoms with Crippen LogP contribution in [0.15, 0.2) is 0 Å². The van der Waals surface area contributed by atoms with Crippen molar-refractivity contribution < 1.29 is 9.59 Å². The van der Waals surface area contributed by atoms with Gasteiger partial charge in [0.2, 0.25) is 0 Å². The molecule has 2 fully saturated rings. The van der Waals surface area contributed by atoms with E-state index >= 15 is 0 Å². The van der Waals surface area contributed by atoms with E-state index in [1.807, 2.05) is 33.4 Å². The van der Waals surface area contributed by atoms with Crippen molar-refractivity contribution >= 4 is 37.3 Å². The lowest BCUT2D eigenvalue weighted by molar-refractivity contribution is 0.133. The first-order valence-corrected chi connectivity index (χ1v) is 15.0. The van der Waals surface area contributed by atoms with Gasteiger partial charge in [-0.05, 0) is 54.4 Å². The number of hydrogen-bond acceptors (Lipinski definition) is 4. The van der Waals surface area contributed by atoms with E-state index in [0.717, 1.165) is 51.9 Å². The standard InChI is InChI=1S/C27H52N4O2S2/c1-7-28-20-22(34)30(24(28)32)26(3,4)18-16-14-12-10-9-11-13-15-17-19-27(5,6)31-23(35)21-29(8-2)25(31)33/h22-23,34-35H,7-21H2,1-6H3. The Morgan fingerprint density at radius 2 is 0.914 bits per heavy atom. The van der Waals surface area contributed by atoms with E-state index in [9.17, 15) is 9.59 Å². The highest BCUT2D eigenvalue weighted by Gasteiger charge is 2.43. The van der Waals surface area contributed by atoms with Crippen LogP contribution in [0.4, 0.5) is 9.59 Å². The lowest BCUT2D eigenvalue weighted by Gasteiger charge is -2.37. The number of thiol groups is 2. The Labute approximate surface area is 226 Å². The van der Waals surface area contributed by atoms with Gasteiger partial charge in [-0.3, -0.25) is 0 Å². The van der Waals surface area contributed by atoms with Crippen LogP contribution in [0, 0.1) is 0 Å². The largest absolute Gasteiger partial charge is 0.322 e. The van der Waals surface area contributed by atoms with Crippen LogP contribution in [0.1, 0.15) is 112 Å². The summed E-state index contributed by atoms with van der Waals surface area (Å²) >= 11 is 9.35. The third-order valence-electron chi connectivity index (χ3n) is 7.96. The summed E-state index contributed by atoms with van der Waals surface area (Å²) in [6.45, 7) is 15.8. The molecule has 0 aromatic rings. The Hall–Kier alpha value is -0.760. The molecule has 0 radical (unpaired) electrons. The molecule has 8 heteroatoms. The van der Waals surface area contributed by atoms with Crippen LogP contribution < -0.4 is 0 Å². The van der Waals surface area contributed by atoms with Crippen LogP contribution in [0.3, 0.4) is 0 Å². The number of carbonyl (C=O) groups is 2. The van der Waals surface area contributed by atoms with Crippen molar-refractivity contribution in [2.75, 3.05) is 26.2 Å². The molecule has 0 saturated carbocycles. The summed E-state index contributed by atoms with van der Waals surface area (Å²) in [4.78, 5) is 33.0. The third kappa shape index (κ3) is 8.11. The predicted octanol–water partition coefficient (Wildman–Crippen LogP) is 6.86. The number of amides is 4. The van der Waals surface area contributed by atoms with Crippen molar-refractivity contribution in [3.8, 4) is 0 Å². The first-order chi connectivity index (χ1) is 16.5. The molecule has 2 atom stereocenters. The molecule has 204 valence electrons. The second kappa shape index (κ2) is 13.7. The fourth-order valence-corrected chi connectivity index (χ4v) is 6.94. The van der Waals surface area contributed by atoms with Crippen molar-refractivity contribution in [3.63, 3.8) is 0 Å². The topological polar surface area (TPSA) is 47.1 Å². The Morgan fingerprint density at radius 3 is 1.17 bits per heavy atom. The van der Waals surface area contributed by atoms with E-state index in [0.29, 0.717) is 0 Å². The number of carbonyl (C=O) groups excluding carboxylic acids is 2. The van der Waals surface area contributed by atoms with Gasteiger partial charge >= 0.3 is 12.1 Å². The van der Waals surface area contributed by atoms with Crippen LogP contribution in [-0.2, 0) is 0 Å². The maximum Gasteiger partial charge on any atom is 0.321 e. The minimum atomic E-state index is -0.136. The Bertz CT molecular complexity index is 632. The Balaban J connectivity index is 1.53. The molecular formula is C27H52N4O2S2. The molecule has 0 N–H and O–H groups in total. The smallest absolute Gasteiger partial charge is 0.321 e. The van der Waals surface area contributed by atoms with Crippen LogP contribution in [0.5, 0.6) is 0 Å². The normalized spacial score (nSPS) is 21.7. The van der Waals surface area contributed by atoms with Crippen molar-refractivity contribution in [2.24, 2.45) is 0 Å². The Kier molecular flexibility index (Phi) is 11.9. The molecule has 35 heavy (non-hydrogen) atoms. The molecule has 2 heterocycles. The van der Waals surface area contributed by atoms with Gasteiger partial charge in [-0.1, -0.05) is 57.8 Å². The average molecular weight is 529 g/mol. The van der Waals surface area contributed by atoms with Gasteiger partial charge in [0.15, 0.2) is 0 Å². The number of hydrogen-bond donors (Lipinski definition) is 2. The summed E-state index contributed by atoms with van der Waals surface area (Å²) in [5.74, 6) is 0. The summed E-state index contributed by atoms with van der Waals surface area (Å²) in [6, 6.07) is 0.280. The molecule has 2 saturated heterocycles. The molecular weight excluding hydrogens is 476 g/mol. The monoisotopic (exact) mass is 528 g/mol. The third-order valence-corrected chi connectivity index (χ3v) is 8.75. The van der Waals surface area contributed by atoms with Gasteiger partial charge in [0.25, 0.3) is 0 Å². The maximum absolute atomic E-state index is 12.6. The van der Waals surface area contributed by atoms with Gasteiger partial charge in [-0.2, -0.15) is 25.3 Å². The molecule has 2 aliphatic heterocycles. The van der Waals surface area contributed by atoms with Gasteiger partial charge in [-0.25, -0.2) is 9.59 Å². The number of nitrogens with zero attached hydrogens (tertiary/aromatic N) is 4. The zero-order valence-corrected chi connectivity index (χ0v) is 25.0. The average Bonchev–Trinajstić information content (AvgIpc) is 3.25. The molecule has 2 aliphatic rings. The lowest BCUT2D eigenvalue weighted by Crippen LogP contribution is -2.48. The van der Waals surface area contributed by atoms with Crippen molar-refractivity contribution in [2.45, 2.75) is 134 Å². The minimum absolute atomic E-state index is 0.00391. The van der Waals surface area contributed by atoms with E-state index in [1.165, 1.54) is 44.9 Å². The summed E-state index contributed by atoms with van der Waals surface area (Å²) in [5, 5.41) is 0.00783. The lowest BCUT2D eigenvalue weighted by atomic mass is 9.93. The summed E-state index contributed by atoms with van der Waals surface area (Å²) in [6.07, 6.45) is 13.3. The highest BCUT2D eigenvalue weighted by molar-refractivity contribution is 7.81. The highest BCUT2D eigenvalue weighted by Crippen LogP contribution is 2.33. The van der Waals surface area contributed by atoms with Gasteiger partial charge < -0.3 is 19.6 Å². The van der Waals surface area contributed by atoms with Gasteiger partial charge in [0.05, 0.1) is 23.8 Å². The molecule has 0 bridgehead atoms. The fourth-order valence-electron chi connectivity index (χ4n) is 5.72. The number of likely N-dealkylation sites (N-methyl/N-ethyl adjacent to an activating group) is 2. The maximum atomic E-state index is 12.6. The fraction of sp³-hybridized carbons (Fsp3) is 0.926. The number of urea groups is 2. The van der Waals surface area contributed by atoms with E-state index in [1.54, 1.807) is 0 Å². The second-order valence-electron chi connectivity index (χ2n) is 11.7. The van der Waals surface area contributed by atoms with Gasteiger partial charge in [0, 0.05) is 24.2 Å². The SMILES string of the molecule is CCN1CC(S)N(C(C)(C)CCCCCCCCCCCC(C)(C)N2C(=O)N(CC)CC2S)C1=O. The molecule has 0 spiro atoms. The Morgan fingerprint density at radius 1 is 0.629 bits per heavy atom. The highest BCUT2D eigenvalue weighted by atomic mass is 32.1. The predicted molar refractivity (Wildman–Crippen MR) is 153 cm³/mol.